The molecule has 0 aromatic heterocycles. The highest BCUT2D eigenvalue weighted by atomic mass is 32.2. The highest BCUT2D eigenvalue weighted by molar-refractivity contribution is 7.99. The number of rotatable bonds is 6. The van der Waals surface area contributed by atoms with Crippen molar-refractivity contribution in [3.8, 4) is 0 Å². The van der Waals surface area contributed by atoms with Gasteiger partial charge in [-0.05, 0) is 54.0 Å². The Labute approximate surface area is 154 Å². The second kappa shape index (κ2) is 8.14. The number of carbonyl (C=O) groups is 2. The van der Waals surface area contributed by atoms with E-state index in [0.29, 0.717) is 11.1 Å². The fourth-order valence-electron chi connectivity index (χ4n) is 2.70. The number of fused-ring (bicyclic) bond motifs is 1. The molecule has 3 rings (SSSR count). The smallest absolute Gasteiger partial charge is 0.314 e. The highest BCUT2D eigenvalue weighted by Crippen LogP contribution is 2.30. The van der Waals surface area contributed by atoms with Crippen molar-refractivity contribution >= 4 is 29.2 Å². The van der Waals surface area contributed by atoms with Crippen LogP contribution in [0.3, 0.4) is 0 Å². The molecule has 0 saturated heterocycles. The van der Waals surface area contributed by atoms with Crippen molar-refractivity contribution < 1.29 is 19.2 Å². The largest absolute Gasteiger partial charge is 0.460 e. The van der Waals surface area contributed by atoms with Crippen LogP contribution >= 0.6 is 11.8 Å². The zero-order valence-electron chi connectivity index (χ0n) is 14.0. The van der Waals surface area contributed by atoms with E-state index in [2.05, 4.69) is 0 Å². The van der Waals surface area contributed by atoms with Gasteiger partial charge in [0.05, 0.1) is 4.92 Å². The first-order valence-corrected chi connectivity index (χ1v) is 9.19. The van der Waals surface area contributed by atoms with Crippen LogP contribution in [0.5, 0.6) is 0 Å². The fraction of sp³-hybridized carbons (Fsp3) is 0.263. The molecule has 0 fully saturated rings. The predicted molar refractivity (Wildman–Crippen MR) is 97.3 cm³/mol. The van der Waals surface area contributed by atoms with E-state index in [1.54, 1.807) is 17.8 Å². The molecule has 0 bridgehead atoms. The van der Waals surface area contributed by atoms with Gasteiger partial charge in [-0.3, -0.25) is 19.7 Å². The SMILES string of the molecule is O=C(CC(=O)c1ccc2c(c1)CCCS2)OCc1ccc([N+](=O)[O-])cc1. The number of nitro benzene ring substituents is 1. The van der Waals surface area contributed by atoms with Crippen molar-refractivity contribution in [1.82, 2.24) is 0 Å². The molecule has 6 nitrogen and oxygen atoms in total. The molecular formula is C19H17NO5S. The van der Waals surface area contributed by atoms with E-state index in [1.165, 1.54) is 29.2 Å². The van der Waals surface area contributed by atoms with Gasteiger partial charge in [0.2, 0.25) is 0 Å². The molecular weight excluding hydrogens is 354 g/mol. The van der Waals surface area contributed by atoms with Gasteiger partial charge in [-0.25, -0.2) is 0 Å². The number of thioether (sulfide) groups is 1. The van der Waals surface area contributed by atoms with Gasteiger partial charge in [-0.2, -0.15) is 0 Å². The minimum absolute atomic E-state index is 0.0229. The number of Topliss-reactive ketones (excluding diaryl/α,β-unsaturated/α-hetero) is 1. The maximum atomic E-state index is 12.3. The molecule has 0 aliphatic carbocycles. The Hall–Kier alpha value is -2.67. The monoisotopic (exact) mass is 371 g/mol. The summed E-state index contributed by atoms with van der Waals surface area (Å²) in [6.07, 6.45) is 1.72. The standard InChI is InChI=1S/C19H17NO5S/c21-17(14-5-8-18-15(10-14)2-1-9-26-18)11-19(22)25-12-13-3-6-16(7-4-13)20(23)24/h3-8,10H,1-2,9,11-12H2. The van der Waals surface area contributed by atoms with E-state index >= 15 is 0 Å². The Bertz CT molecular complexity index is 848. The van der Waals surface area contributed by atoms with Crippen molar-refractivity contribution in [3.05, 3.63) is 69.3 Å². The second-order valence-electron chi connectivity index (χ2n) is 5.96. The van der Waals surface area contributed by atoms with Gasteiger partial charge in [-0.15, -0.1) is 11.8 Å². The van der Waals surface area contributed by atoms with Crippen molar-refractivity contribution in [1.29, 1.82) is 0 Å². The molecule has 1 aliphatic heterocycles. The number of nitrogens with zero attached hydrogens (tertiary/aromatic N) is 1. The highest BCUT2D eigenvalue weighted by Gasteiger charge is 2.17. The van der Waals surface area contributed by atoms with E-state index in [9.17, 15) is 19.7 Å². The maximum absolute atomic E-state index is 12.3. The molecule has 0 N–H and O–H groups in total. The molecule has 1 aliphatic rings. The Kier molecular flexibility index (Phi) is 5.68. The Morgan fingerprint density at radius 3 is 2.65 bits per heavy atom. The van der Waals surface area contributed by atoms with Crippen LogP contribution in [0.25, 0.3) is 0 Å². The van der Waals surface area contributed by atoms with E-state index < -0.39 is 10.9 Å². The molecule has 2 aromatic carbocycles. The molecule has 0 saturated carbocycles. The van der Waals surface area contributed by atoms with Crippen LogP contribution in [0.15, 0.2) is 47.4 Å². The predicted octanol–water partition coefficient (Wildman–Crippen LogP) is 3.95. The van der Waals surface area contributed by atoms with Gasteiger partial charge in [0.15, 0.2) is 5.78 Å². The Balaban J connectivity index is 1.54. The van der Waals surface area contributed by atoms with Crippen molar-refractivity contribution in [2.45, 2.75) is 30.8 Å². The summed E-state index contributed by atoms with van der Waals surface area (Å²) in [5, 5.41) is 10.6. The number of ketones is 1. The summed E-state index contributed by atoms with van der Waals surface area (Å²) in [7, 11) is 0. The molecule has 0 atom stereocenters. The first-order chi connectivity index (χ1) is 12.5. The van der Waals surface area contributed by atoms with Gasteiger partial charge in [-0.1, -0.05) is 6.07 Å². The molecule has 7 heteroatoms. The third-order valence-corrected chi connectivity index (χ3v) is 5.28. The van der Waals surface area contributed by atoms with Crippen molar-refractivity contribution in [2.24, 2.45) is 0 Å². The summed E-state index contributed by atoms with van der Waals surface area (Å²) in [6, 6.07) is 11.3. The van der Waals surface area contributed by atoms with Crippen molar-refractivity contribution in [2.75, 3.05) is 5.75 Å². The van der Waals surface area contributed by atoms with Gasteiger partial charge in [0, 0.05) is 22.6 Å². The topological polar surface area (TPSA) is 86.5 Å². The van der Waals surface area contributed by atoms with Gasteiger partial charge in [0.25, 0.3) is 5.69 Å². The van der Waals surface area contributed by atoms with Gasteiger partial charge >= 0.3 is 5.97 Å². The van der Waals surface area contributed by atoms with E-state index in [0.717, 1.165) is 24.2 Å². The normalized spacial score (nSPS) is 12.9. The van der Waals surface area contributed by atoms with Crippen LogP contribution in [0.4, 0.5) is 5.69 Å². The Morgan fingerprint density at radius 1 is 1.15 bits per heavy atom. The van der Waals surface area contributed by atoms with Gasteiger partial charge < -0.3 is 4.74 Å². The lowest BCUT2D eigenvalue weighted by Crippen LogP contribution is -2.12. The summed E-state index contributed by atoms with van der Waals surface area (Å²) in [5.74, 6) is 0.215. The lowest BCUT2D eigenvalue weighted by molar-refractivity contribution is -0.384. The average molecular weight is 371 g/mol. The van der Waals surface area contributed by atoms with E-state index in [4.69, 9.17) is 4.74 Å². The molecule has 0 spiro atoms. The lowest BCUT2D eigenvalue weighted by Gasteiger charge is -2.15. The molecule has 134 valence electrons. The van der Waals surface area contributed by atoms with Crippen LogP contribution < -0.4 is 0 Å². The summed E-state index contributed by atoms with van der Waals surface area (Å²) in [6.45, 7) is -0.0229. The molecule has 0 amide bonds. The molecule has 2 aromatic rings. The quantitative estimate of drug-likeness (QED) is 0.251. The summed E-state index contributed by atoms with van der Waals surface area (Å²) < 4.78 is 5.10. The summed E-state index contributed by atoms with van der Waals surface area (Å²) >= 11 is 1.79. The number of non-ortho nitro benzene ring substituents is 1. The third-order valence-electron chi connectivity index (χ3n) is 4.08. The second-order valence-corrected chi connectivity index (χ2v) is 7.10. The third kappa shape index (κ3) is 4.49. The Morgan fingerprint density at radius 2 is 1.92 bits per heavy atom. The number of nitro groups is 1. The number of aryl methyl sites for hydroxylation is 1. The van der Waals surface area contributed by atoms with E-state index in [-0.39, 0.29) is 24.5 Å². The van der Waals surface area contributed by atoms with Crippen LogP contribution in [0, 0.1) is 10.1 Å². The molecule has 1 heterocycles. The number of hydrogen-bond acceptors (Lipinski definition) is 6. The zero-order chi connectivity index (χ0) is 18.5. The number of benzene rings is 2. The minimum Gasteiger partial charge on any atom is -0.460 e. The van der Waals surface area contributed by atoms with Crippen LogP contribution in [-0.2, 0) is 22.6 Å². The fourth-order valence-corrected chi connectivity index (χ4v) is 3.71. The summed E-state index contributed by atoms with van der Waals surface area (Å²) in [5.41, 5.74) is 2.29. The summed E-state index contributed by atoms with van der Waals surface area (Å²) in [4.78, 5) is 35.5. The van der Waals surface area contributed by atoms with Crippen molar-refractivity contribution in [3.63, 3.8) is 0 Å². The first kappa shape index (κ1) is 18.1. The maximum Gasteiger partial charge on any atom is 0.314 e. The lowest BCUT2D eigenvalue weighted by atomic mass is 10.0. The van der Waals surface area contributed by atoms with E-state index in [1.807, 2.05) is 12.1 Å². The molecule has 0 unspecified atom stereocenters. The zero-order valence-corrected chi connectivity index (χ0v) is 14.8. The number of ether oxygens (including phenoxy) is 1. The number of hydrogen-bond donors (Lipinski definition) is 0. The molecule has 0 radical (unpaired) electrons. The van der Waals surface area contributed by atoms with Gasteiger partial charge in [0.1, 0.15) is 13.0 Å². The number of carbonyl (C=O) groups excluding carboxylic acids is 2. The molecule has 26 heavy (non-hydrogen) atoms. The van der Waals surface area contributed by atoms with Crippen LogP contribution in [-0.4, -0.2) is 22.4 Å². The number of esters is 1. The van der Waals surface area contributed by atoms with Crippen LogP contribution in [0.1, 0.15) is 34.3 Å². The average Bonchev–Trinajstić information content (AvgIpc) is 2.66. The first-order valence-electron chi connectivity index (χ1n) is 8.21. The van der Waals surface area contributed by atoms with Crippen LogP contribution in [0.2, 0.25) is 0 Å². The minimum atomic E-state index is -0.611.